The molecule has 0 aliphatic carbocycles. The number of hydrogen-bond acceptors (Lipinski definition) is 3. The van der Waals surface area contributed by atoms with Crippen LogP contribution in [0.25, 0.3) is 5.69 Å². The van der Waals surface area contributed by atoms with Gasteiger partial charge >= 0.3 is 0 Å². The number of carbonyl (C=O) groups excluding carboxylic acids is 1. The predicted octanol–water partition coefficient (Wildman–Crippen LogP) is 4.17. The van der Waals surface area contributed by atoms with Gasteiger partial charge in [-0.2, -0.15) is 5.10 Å². The molecule has 2 heterocycles. The molecule has 1 amide bonds. The number of amides is 1. The maximum absolute atomic E-state index is 13.0. The number of carbonyl (C=O) groups is 1. The molecular weight excluding hydrogens is 338 g/mol. The van der Waals surface area contributed by atoms with Gasteiger partial charge in [0.1, 0.15) is 5.75 Å². The van der Waals surface area contributed by atoms with Crippen molar-refractivity contribution in [2.75, 3.05) is 13.7 Å². The Morgan fingerprint density at radius 1 is 1.11 bits per heavy atom. The second-order valence-corrected chi connectivity index (χ2v) is 6.84. The SMILES string of the molecule is COc1ccc(-n2nc(C)cc2C2CCCN2C(=O)c2ccccc2)cc1. The molecule has 4 rings (SSSR count). The average molecular weight is 361 g/mol. The van der Waals surface area contributed by atoms with Gasteiger partial charge < -0.3 is 9.64 Å². The Balaban J connectivity index is 1.69. The monoisotopic (exact) mass is 361 g/mol. The number of rotatable bonds is 4. The van der Waals surface area contributed by atoms with Gasteiger partial charge in [-0.25, -0.2) is 4.68 Å². The minimum atomic E-state index is 0.0287. The normalized spacial score (nSPS) is 16.5. The standard InChI is InChI=1S/C22H23N3O2/c1-16-15-21(25(23-16)18-10-12-19(27-2)13-11-18)20-9-6-14-24(20)22(26)17-7-4-3-5-8-17/h3-5,7-8,10-13,15,20H,6,9,14H2,1-2H3. The topological polar surface area (TPSA) is 47.4 Å². The summed E-state index contributed by atoms with van der Waals surface area (Å²) in [6.07, 6.45) is 1.94. The molecule has 5 heteroatoms. The van der Waals surface area contributed by atoms with Crippen molar-refractivity contribution in [3.8, 4) is 11.4 Å². The Labute approximate surface area is 159 Å². The van der Waals surface area contributed by atoms with Crippen molar-refractivity contribution in [2.45, 2.75) is 25.8 Å². The first-order valence-corrected chi connectivity index (χ1v) is 9.24. The Bertz CT molecular complexity index is 932. The van der Waals surface area contributed by atoms with Crippen molar-refractivity contribution in [3.63, 3.8) is 0 Å². The number of aromatic nitrogens is 2. The smallest absolute Gasteiger partial charge is 0.254 e. The summed E-state index contributed by atoms with van der Waals surface area (Å²) in [6, 6.07) is 19.5. The Kier molecular flexibility index (Phi) is 4.67. The number of aryl methyl sites for hydroxylation is 1. The van der Waals surface area contributed by atoms with Gasteiger partial charge in [0.25, 0.3) is 5.91 Å². The van der Waals surface area contributed by atoms with Crippen LogP contribution < -0.4 is 4.74 Å². The molecule has 1 aliphatic rings. The van der Waals surface area contributed by atoms with E-state index in [1.165, 1.54) is 0 Å². The maximum Gasteiger partial charge on any atom is 0.254 e. The lowest BCUT2D eigenvalue weighted by atomic mass is 10.1. The quantitative estimate of drug-likeness (QED) is 0.701. The minimum absolute atomic E-state index is 0.0287. The van der Waals surface area contributed by atoms with Gasteiger partial charge in [0, 0.05) is 12.1 Å². The predicted molar refractivity (Wildman–Crippen MR) is 104 cm³/mol. The largest absolute Gasteiger partial charge is 0.497 e. The highest BCUT2D eigenvalue weighted by atomic mass is 16.5. The van der Waals surface area contributed by atoms with E-state index in [-0.39, 0.29) is 11.9 Å². The molecule has 138 valence electrons. The third kappa shape index (κ3) is 3.33. The summed E-state index contributed by atoms with van der Waals surface area (Å²) < 4.78 is 7.21. The van der Waals surface area contributed by atoms with E-state index >= 15 is 0 Å². The zero-order valence-corrected chi connectivity index (χ0v) is 15.6. The van der Waals surface area contributed by atoms with Gasteiger partial charge in [-0.1, -0.05) is 18.2 Å². The van der Waals surface area contributed by atoms with Gasteiger partial charge in [-0.3, -0.25) is 4.79 Å². The molecule has 0 N–H and O–H groups in total. The first kappa shape index (κ1) is 17.3. The van der Waals surface area contributed by atoms with Crippen LogP contribution in [0.5, 0.6) is 5.75 Å². The third-order valence-corrected chi connectivity index (χ3v) is 5.05. The average Bonchev–Trinajstić information content (AvgIpc) is 3.34. The van der Waals surface area contributed by atoms with Gasteiger partial charge in [-0.05, 0) is 62.2 Å². The van der Waals surface area contributed by atoms with Crippen LogP contribution in [-0.2, 0) is 0 Å². The van der Waals surface area contributed by atoms with Gasteiger partial charge in [0.05, 0.1) is 30.2 Å². The fourth-order valence-corrected chi connectivity index (χ4v) is 3.75. The Morgan fingerprint density at radius 3 is 2.56 bits per heavy atom. The lowest BCUT2D eigenvalue weighted by Crippen LogP contribution is -2.31. The summed E-state index contributed by atoms with van der Waals surface area (Å²) in [5, 5.41) is 4.69. The summed E-state index contributed by atoms with van der Waals surface area (Å²) in [7, 11) is 1.66. The van der Waals surface area contributed by atoms with E-state index in [1.54, 1.807) is 7.11 Å². The molecule has 1 fully saturated rings. The van der Waals surface area contributed by atoms with Crippen molar-refractivity contribution < 1.29 is 9.53 Å². The van der Waals surface area contributed by atoms with Crippen LogP contribution in [0.3, 0.4) is 0 Å². The minimum Gasteiger partial charge on any atom is -0.497 e. The van der Waals surface area contributed by atoms with Crippen molar-refractivity contribution in [1.82, 2.24) is 14.7 Å². The number of hydrogen-bond donors (Lipinski definition) is 0. The molecule has 0 radical (unpaired) electrons. The third-order valence-electron chi connectivity index (χ3n) is 5.05. The van der Waals surface area contributed by atoms with Crippen molar-refractivity contribution in [2.24, 2.45) is 0 Å². The summed E-state index contributed by atoms with van der Waals surface area (Å²) in [4.78, 5) is 15.0. The first-order chi connectivity index (χ1) is 13.2. The zero-order valence-electron chi connectivity index (χ0n) is 15.6. The molecule has 1 atom stereocenters. The highest BCUT2D eigenvalue weighted by Gasteiger charge is 2.33. The highest BCUT2D eigenvalue weighted by molar-refractivity contribution is 5.94. The molecule has 1 saturated heterocycles. The van der Waals surface area contributed by atoms with E-state index in [0.717, 1.165) is 47.8 Å². The maximum atomic E-state index is 13.0. The van der Waals surface area contributed by atoms with Crippen LogP contribution in [0.4, 0.5) is 0 Å². The molecule has 3 aromatic rings. The molecule has 0 saturated carbocycles. The van der Waals surface area contributed by atoms with E-state index in [4.69, 9.17) is 4.74 Å². The summed E-state index contributed by atoms with van der Waals surface area (Å²) in [6.45, 7) is 2.76. The van der Waals surface area contributed by atoms with Crippen molar-refractivity contribution in [3.05, 3.63) is 77.6 Å². The van der Waals surface area contributed by atoms with Gasteiger partial charge in [0.2, 0.25) is 0 Å². The van der Waals surface area contributed by atoms with Crippen LogP contribution in [-0.4, -0.2) is 34.2 Å². The number of methoxy groups -OCH3 is 1. The summed E-state index contributed by atoms with van der Waals surface area (Å²) in [5.74, 6) is 0.893. The van der Waals surface area contributed by atoms with E-state index < -0.39 is 0 Å². The molecule has 0 bridgehead atoms. The molecule has 5 nitrogen and oxygen atoms in total. The number of ether oxygens (including phenoxy) is 1. The van der Waals surface area contributed by atoms with Gasteiger partial charge in [0.15, 0.2) is 0 Å². The van der Waals surface area contributed by atoms with Crippen LogP contribution in [0.2, 0.25) is 0 Å². The van der Waals surface area contributed by atoms with Crippen molar-refractivity contribution in [1.29, 1.82) is 0 Å². The van der Waals surface area contributed by atoms with E-state index in [0.29, 0.717) is 0 Å². The van der Waals surface area contributed by atoms with E-state index in [1.807, 2.05) is 71.1 Å². The van der Waals surface area contributed by atoms with Crippen molar-refractivity contribution >= 4 is 5.91 Å². The lowest BCUT2D eigenvalue weighted by Gasteiger charge is -2.25. The summed E-state index contributed by atoms with van der Waals surface area (Å²) >= 11 is 0. The molecule has 0 spiro atoms. The van der Waals surface area contributed by atoms with Crippen LogP contribution >= 0.6 is 0 Å². The van der Waals surface area contributed by atoms with Gasteiger partial charge in [-0.15, -0.1) is 0 Å². The zero-order chi connectivity index (χ0) is 18.8. The first-order valence-electron chi connectivity index (χ1n) is 9.24. The molecular formula is C22H23N3O2. The fraction of sp³-hybridized carbons (Fsp3) is 0.273. The molecule has 1 aromatic heterocycles. The summed E-state index contributed by atoms with van der Waals surface area (Å²) in [5.41, 5.74) is 3.70. The van der Waals surface area contributed by atoms with Crippen LogP contribution in [0.15, 0.2) is 60.7 Å². The Morgan fingerprint density at radius 2 is 1.85 bits per heavy atom. The van der Waals surface area contributed by atoms with Crippen LogP contribution in [0, 0.1) is 6.92 Å². The molecule has 2 aromatic carbocycles. The number of benzene rings is 2. The lowest BCUT2D eigenvalue weighted by molar-refractivity contribution is 0.0731. The molecule has 1 unspecified atom stereocenters. The fourth-order valence-electron chi connectivity index (χ4n) is 3.75. The second-order valence-electron chi connectivity index (χ2n) is 6.84. The van der Waals surface area contributed by atoms with Crippen LogP contribution in [0.1, 0.15) is 40.6 Å². The molecule has 27 heavy (non-hydrogen) atoms. The number of nitrogens with zero attached hydrogens (tertiary/aromatic N) is 3. The Hall–Kier alpha value is -3.08. The second kappa shape index (κ2) is 7.27. The van der Waals surface area contributed by atoms with E-state index in [2.05, 4.69) is 11.2 Å². The highest BCUT2D eigenvalue weighted by Crippen LogP contribution is 2.34. The van der Waals surface area contributed by atoms with E-state index in [9.17, 15) is 4.79 Å². The number of likely N-dealkylation sites (tertiary alicyclic amines) is 1. The molecule has 1 aliphatic heterocycles.